The number of hydrogen-bond donors (Lipinski definition) is 1. The van der Waals surface area contributed by atoms with Gasteiger partial charge in [-0.15, -0.1) is 17.9 Å². The minimum absolute atomic E-state index is 0.00518. The van der Waals surface area contributed by atoms with Gasteiger partial charge in [0.2, 0.25) is 0 Å². The Bertz CT molecular complexity index is 2220. The smallest absolute Gasteiger partial charge is 0.0408 e. The van der Waals surface area contributed by atoms with Gasteiger partial charge in [0, 0.05) is 50.9 Å². The van der Waals surface area contributed by atoms with Crippen molar-refractivity contribution in [2.75, 3.05) is 11.9 Å². The minimum Gasteiger partial charge on any atom is -0.345 e. The molecule has 1 heterocycles. The molecule has 2 aliphatic rings. The number of anilines is 2. The monoisotopic (exact) mass is 758 g/mol. The van der Waals surface area contributed by atoms with Gasteiger partial charge in [0.1, 0.15) is 0 Å². The largest absolute Gasteiger partial charge is 0.345 e. The predicted molar refractivity (Wildman–Crippen MR) is 252 cm³/mol. The van der Waals surface area contributed by atoms with Crippen LogP contribution < -0.4 is 10.6 Å². The predicted octanol–water partition coefficient (Wildman–Crippen LogP) is 15.5. The van der Waals surface area contributed by atoms with E-state index in [9.17, 15) is 0 Å². The Balaban J connectivity index is 0.000000208. The molecule has 0 saturated heterocycles. The second-order valence-electron chi connectivity index (χ2n) is 15.3. The molecule has 56 heavy (non-hydrogen) atoms. The van der Waals surface area contributed by atoms with Gasteiger partial charge in [-0.1, -0.05) is 143 Å². The average Bonchev–Trinajstić information content (AvgIpc) is 3.61. The zero-order valence-corrected chi connectivity index (χ0v) is 35.5. The molecule has 1 aromatic heterocycles. The molecule has 2 N–H and O–H groups in total. The summed E-state index contributed by atoms with van der Waals surface area (Å²) in [6, 6.07) is 30.4. The van der Waals surface area contributed by atoms with Crippen molar-refractivity contribution in [3.63, 3.8) is 0 Å². The molecule has 0 bridgehead atoms. The Kier molecular flexibility index (Phi) is 15.7. The van der Waals surface area contributed by atoms with Gasteiger partial charge >= 0.3 is 0 Å². The van der Waals surface area contributed by atoms with Crippen molar-refractivity contribution < 1.29 is 0 Å². The molecule has 0 aliphatic heterocycles. The summed E-state index contributed by atoms with van der Waals surface area (Å²) in [6.45, 7) is 16.7. The van der Waals surface area contributed by atoms with Crippen molar-refractivity contribution in [1.29, 1.82) is 0 Å². The van der Waals surface area contributed by atoms with E-state index < -0.39 is 0 Å². The molecule has 2 nitrogen and oxygen atoms in total. The highest BCUT2D eigenvalue weighted by atomic mass is 32.1. The molecule has 0 saturated carbocycles. The Labute approximate surface area is 341 Å². The van der Waals surface area contributed by atoms with Crippen molar-refractivity contribution in [3.8, 4) is 0 Å². The molecule has 2 aliphatic carbocycles. The van der Waals surface area contributed by atoms with Gasteiger partial charge in [-0.3, -0.25) is 0 Å². The van der Waals surface area contributed by atoms with Crippen LogP contribution in [0.4, 0.5) is 11.4 Å². The van der Waals surface area contributed by atoms with Gasteiger partial charge in [0.05, 0.1) is 0 Å². The van der Waals surface area contributed by atoms with Crippen LogP contribution in [0.2, 0.25) is 0 Å². The van der Waals surface area contributed by atoms with Crippen molar-refractivity contribution in [2.24, 2.45) is 11.7 Å². The number of hydrogen-bond acceptors (Lipinski definition) is 3. The van der Waals surface area contributed by atoms with Crippen molar-refractivity contribution >= 4 is 55.2 Å². The molecule has 7 rings (SSSR count). The van der Waals surface area contributed by atoms with Crippen LogP contribution in [0.25, 0.3) is 32.5 Å². The molecule has 0 fully saturated rings. The molecular weight excluding hydrogens is 697 g/mol. The molecule has 2 atom stereocenters. The third-order valence-electron chi connectivity index (χ3n) is 10.6. The molecule has 3 heteroatoms. The van der Waals surface area contributed by atoms with Gasteiger partial charge in [0.25, 0.3) is 0 Å². The Morgan fingerprint density at radius 2 is 1.59 bits per heavy atom. The summed E-state index contributed by atoms with van der Waals surface area (Å²) in [5, 5.41) is 4.05. The number of unbranched alkanes of at least 4 members (excludes halogenated alkanes) is 1. The van der Waals surface area contributed by atoms with E-state index in [1.165, 1.54) is 64.9 Å². The van der Waals surface area contributed by atoms with Gasteiger partial charge in [-0.05, 0) is 121 Å². The van der Waals surface area contributed by atoms with Gasteiger partial charge < -0.3 is 10.6 Å². The molecule has 4 aromatic carbocycles. The van der Waals surface area contributed by atoms with Gasteiger partial charge in [-0.25, -0.2) is 0 Å². The zero-order chi connectivity index (χ0) is 40.0. The highest BCUT2D eigenvalue weighted by Gasteiger charge is 2.27. The second kappa shape index (κ2) is 20.8. The molecule has 290 valence electrons. The average molecular weight is 759 g/mol. The minimum atomic E-state index is -0.00518. The van der Waals surface area contributed by atoms with E-state index in [-0.39, 0.29) is 12.0 Å². The Morgan fingerprint density at radius 1 is 0.875 bits per heavy atom. The summed E-state index contributed by atoms with van der Waals surface area (Å²) in [5.41, 5.74) is 16.1. The zero-order valence-electron chi connectivity index (χ0n) is 34.7. The maximum atomic E-state index is 6.69. The molecular formula is C53H62N2S. The fourth-order valence-corrected chi connectivity index (χ4v) is 8.69. The maximum Gasteiger partial charge on any atom is 0.0408 e. The van der Waals surface area contributed by atoms with Crippen molar-refractivity contribution in [1.82, 2.24) is 0 Å². The van der Waals surface area contributed by atoms with E-state index in [2.05, 4.69) is 193 Å². The molecule has 0 radical (unpaired) electrons. The van der Waals surface area contributed by atoms with Crippen LogP contribution >= 0.6 is 11.3 Å². The van der Waals surface area contributed by atoms with E-state index in [0.717, 1.165) is 25.7 Å². The quantitative estimate of drug-likeness (QED) is 0.114. The lowest BCUT2D eigenvalue weighted by atomic mass is 9.81. The summed E-state index contributed by atoms with van der Waals surface area (Å²) in [6.07, 6.45) is 28.6. The third kappa shape index (κ3) is 10.5. The van der Waals surface area contributed by atoms with Gasteiger partial charge in [-0.2, -0.15) is 0 Å². The highest BCUT2D eigenvalue weighted by molar-refractivity contribution is 7.20. The van der Waals surface area contributed by atoms with Crippen LogP contribution in [-0.4, -0.2) is 13.1 Å². The van der Waals surface area contributed by atoms with Crippen molar-refractivity contribution in [3.05, 3.63) is 179 Å². The number of nitrogens with zero attached hydrogens (tertiary/aromatic N) is 1. The van der Waals surface area contributed by atoms with Crippen LogP contribution in [0.1, 0.15) is 101 Å². The van der Waals surface area contributed by atoms with E-state index in [4.69, 9.17) is 5.73 Å². The number of nitrogens with two attached hydrogens (primary N) is 1. The number of allylic oxidation sites excluding steroid dienone is 10. The topological polar surface area (TPSA) is 29.3 Å². The fourth-order valence-electron chi connectivity index (χ4n) is 7.30. The first-order valence-corrected chi connectivity index (χ1v) is 21.2. The number of para-hydroxylation sites is 1. The maximum absolute atomic E-state index is 6.69. The second-order valence-corrected chi connectivity index (χ2v) is 16.3. The van der Waals surface area contributed by atoms with E-state index in [0.29, 0.717) is 11.8 Å². The fraction of sp³-hybridized carbons (Fsp3) is 0.283. The highest BCUT2D eigenvalue weighted by Crippen LogP contribution is 2.47. The van der Waals surface area contributed by atoms with Crippen LogP contribution in [-0.2, 0) is 0 Å². The summed E-state index contributed by atoms with van der Waals surface area (Å²) in [5.74, 6) is 1.27. The Morgan fingerprint density at radius 3 is 2.23 bits per heavy atom. The molecule has 0 spiro atoms. The van der Waals surface area contributed by atoms with Gasteiger partial charge in [0.15, 0.2) is 0 Å². The first kappa shape index (κ1) is 42.2. The first-order chi connectivity index (χ1) is 27.2. The van der Waals surface area contributed by atoms with Crippen LogP contribution in [0, 0.1) is 5.92 Å². The van der Waals surface area contributed by atoms with E-state index in [1.54, 1.807) is 0 Å². The summed E-state index contributed by atoms with van der Waals surface area (Å²) in [4.78, 5) is 3.55. The lowest BCUT2D eigenvalue weighted by Gasteiger charge is -2.26. The molecule has 2 unspecified atom stereocenters. The number of thiophene rings is 1. The lowest BCUT2D eigenvalue weighted by Crippen LogP contribution is -2.27. The summed E-state index contributed by atoms with van der Waals surface area (Å²) < 4.78 is 1.39. The number of rotatable bonds is 10. The van der Waals surface area contributed by atoms with Crippen molar-refractivity contribution in [2.45, 2.75) is 85.1 Å². The SMILES string of the molecule is C/C=C\c1sc2c(C3C=C(C(C)C)C=CC3N)cc3ccccc3c2c1C1=CC=CCC1.C=CCC/C=C\C.CC(C)c1ccc(N(C)c2ccccc2)cc1. The third-order valence-corrected chi connectivity index (χ3v) is 11.8. The molecule has 5 aromatic rings. The molecule has 0 amide bonds. The lowest BCUT2D eigenvalue weighted by molar-refractivity contribution is 0.684. The summed E-state index contributed by atoms with van der Waals surface area (Å²) in [7, 11) is 2.10. The Hall–Kier alpha value is -4.96. The summed E-state index contributed by atoms with van der Waals surface area (Å²) >= 11 is 1.93. The van der Waals surface area contributed by atoms with Crippen LogP contribution in [0.15, 0.2) is 158 Å². The van der Waals surface area contributed by atoms with Crippen LogP contribution in [0.5, 0.6) is 0 Å². The van der Waals surface area contributed by atoms with E-state index in [1.807, 2.05) is 30.4 Å². The number of benzene rings is 4. The first-order valence-electron chi connectivity index (χ1n) is 20.4. The standard InChI is InChI=1S/C30H31NS.C16H19N.C7H12/c1-4-10-27-28(20-11-6-5-7-12-20)29-23-14-9-8-13-22(23)18-25(30(29)32-27)24-17-21(19(2)3)15-16-26(24)31;1-13(2)14-9-11-16(12-10-14)17(3)15-7-5-4-6-8-15;1-3-5-7-6-4-2/h4-6,8-11,13-19,24,26H,7,12,31H2,1-3H3;4-13H,1-3H3;3-4,6H,1,5,7H2,2H3/b10-4-;;6-4-. The normalized spacial score (nSPS) is 16.5. The number of fused-ring (bicyclic) bond motifs is 3. The van der Waals surface area contributed by atoms with E-state index >= 15 is 0 Å². The van der Waals surface area contributed by atoms with Crippen LogP contribution in [0.3, 0.4) is 0 Å².